The zero-order valence-electron chi connectivity index (χ0n) is 20.0. The first-order chi connectivity index (χ1) is 16.5. The van der Waals surface area contributed by atoms with Gasteiger partial charge in [0.25, 0.3) is 11.9 Å². The van der Waals surface area contributed by atoms with Crippen LogP contribution in [0, 0.1) is 0 Å². The van der Waals surface area contributed by atoms with E-state index in [9.17, 15) is 4.79 Å². The number of benzene rings is 1. The van der Waals surface area contributed by atoms with Gasteiger partial charge in [0.05, 0.1) is 30.3 Å². The van der Waals surface area contributed by atoms with E-state index in [2.05, 4.69) is 41.2 Å². The average molecular weight is 459 g/mol. The monoisotopic (exact) mass is 458 g/mol. The summed E-state index contributed by atoms with van der Waals surface area (Å²) < 4.78 is 7.22. The molecule has 1 saturated heterocycles. The number of hydrogen-bond donors (Lipinski definition) is 0. The molecule has 1 aliphatic heterocycles. The Morgan fingerprint density at radius 3 is 2.68 bits per heavy atom. The van der Waals surface area contributed by atoms with Crippen molar-refractivity contribution in [3.8, 4) is 23.0 Å². The molecule has 3 aromatic rings. The first-order valence-electron chi connectivity index (χ1n) is 12.1. The van der Waals surface area contributed by atoms with Crippen molar-refractivity contribution in [3.05, 3.63) is 53.0 Å². The molecule has 0 radical (unpaired) electrons. The van der Waals surface area contributed by atoms with E-state index in [1.54, 1.807) is 13.3 Å². The fraction of sp³-hybridized carbons (Fsp3) is 0.462. The normalized spacial score (nSPS) is 19.3. The highest BCUT2D eigenvalue weighted by Gasteiger charge is 2.37. The number of aromatic nitrogens is 4. The largest absolute Gasteiger partial charge is 0.497 e. The lowest BCUT2D eigenvalue weighted by Gasteiger charge is -2.21. The standard InChI is InChI=1S/C26H30N6O2/c1-30(2)19-10-11-31(15-19)25(33)22-14-28-32(24(22)16-4-5-16)26-27-13-18-7-6-17-12-20(34-3)8-9-21(17)23(18)29-26/h8-9,12-14,16,19H,4-7,10-11,15H2,1-3H3. The molecule has 1 saturated carbocycles. The number of likely N-dealkylation sites (tertiary alicyclic amines) is 1. The zero-order valence-corrected chi connectivity index (χ0v) is 20.0. The molecule has 3 heterocycles. The van der Waals surface area contributed by atoms with Gasteiger partial charge in [-0.1, -0.05) is 0 Å². The molecule has 2 aromatic heterocycles. The minimum Gasteiger partial charge on any atom is -0.497 e. The van der Waals surface area contributed by atoms with Crippen LogP contribution in [0.5, 0.6) is 5.75 Å². The second kappa shape index (κ2) is 8.20. The molecular formula is C26H30N6O2. The number of aryl methyl sites for hydroxylation is 2. The van der Waals surface area contributed by atoms with E-state index in [1.165, 1.54) is 5.56 Å². The summed E-state index contributed by atoms with van der Waals surface area (Å²) in [5.74, 6) is 1.81. The molecule has 8 heteroatoms. The van der Waals surface area contributed by atoms with Gasteiger partial charge in [-0.15, -0.1) is 0 Å². The Hall–Kier alpha value is -3.26. The van der Waals surface area contributed by atoms with Crippen LogP contribution in [0.15, 0.2) is 30.6 Å². The van der Waals surface area contributed by atoms with E-state index >= 15 is 0 Å². The van der Waals surface area contributed by atoms with E-state index in [4.69, 9.17) is 9.72 Å². The molecule has 2 aliphatic carbocycles. The highest BCUT2D eigenvalue weighted by Crippen LogP contribution is 2.43. The van der Waals surface area contributed by atoms with Crippen molar-refractivity contribution in [1.82, 2.24) is 29.5 Å². The molecule has 1 aromatic carbocycles. The number of likely N-dealkylation sites (N-methyl/N-ethyl adjacent to an activating group) is 1. The lowest BCUT2D eigenvalue weighted by atomic mass is 9.90. The van der Waals surface area contributed by atoms with Gasteiger partial charge in [-0.3, -0.25) is 4.79 Å². The van der Waals surface area contributed by atoms with Gasteiger partial charge in [0.2, 0.25) is 0 Å². The summed E-state index contributed by atoms with van der Waals surface area (Å²) in [5, 5.41) is 4.64. The lowest BCUT2D eigenvalue weighted by Crippen LogP contribution is -2.34. The van der Waals surface area contributed by atoms with Gasteiger partial charge in [0, 0.05) is 36.8 Å². The maximum Gasteiger partial charge on any atom is 0.257 e. The van der Waals surface area contributed by atoms with Gasteiger partial charge in [0.15, 0.2) is 0 Å². The van der Waals surface area contributed by atoms with Crippen molar-refractivity contribution in [3.63, 3.8) is 0 Å². The molecule has 2 fully saturated rings. The van der Waals surface area contributed by atoms with Gasteiger partial charge in [-0.25, -0.2) is 14.6 Å². The van der Waals surface area contributed by atoms with Crippen molar-refractivity contribution in [2.75, 3.05) is 34.3 Å². The molecule has 1 unspecified atom stereocenters. The van der Waals surface area contributed by atoms with E-state index in [1.807, 2.05) is 21.8 Å². The number of rotatable bonds is 5. The summed E-state index contributed by atoms with van der Waals surface area (Å²) in [6.45, 7) is 1.54. The number of fused-ring (bicyclic) bond motifs is 3. The Morgan fingerprint density at radius 2 is 1.94 bits per heavy atom. The Labute approximate surface area is 199 Å². The van der Waals surface area contributed by atoms with Gasteiger partial charge >= 0.3 is 0 Å². The second-order valence-corrected chi connectivity index (χ2v) is 9.85. The summed E-state index contributed by atoms with van der Waals surface area (Å²) in [4.78, 5) is 27.3. The average Bonchev–Trinajstić information content (AvgIpc) is 3.40. The summed E-state index contributed by atoms with van der Waals surface area (Å²) in [6.07, 6.45) is 8.63. The molecule has 0 bridgehead atoms. The van der Waals surface area contributed by atoms with Crippen molar-refractivity contribution >= 4 is 5.91 Å². The van der Waals surface area contributed by atoms with Crippen LogP contribution in [-0.4, -0.2) is 75.8 Å². The van der Waals surface area contributed by atoms with E-state index in [0.717, 1.165) is 73.5 Å². The SMILES string of the molecule is COc1ccc2c(c1)CCc1cnc(-n3ncc(C(=O)N4CCC(N(C)C)C4)c3C3CC3)nc1-2. The Bertz CT molecular complexity index is 1260. The topological polar surface area (TPSA) is 76.4 Å². The molecule has 0 N–H and O–H groups in total. The smallest absolute Gasteiger partial charge is 0.257 e. The first-order valence-corrected chi connectivity index (χ1v) is 12.1. The second-order valence-electron chi connectivity index (χ2n) is 9.85. The molecule has 0 spiro atoms. The van der Waals surface area contributed by atoms with Crippen LogP contribution in [0.3, 0.4) is 0 Å². The number of methoxy groups -OCH3 is 1. The molecule has 34 heavy (non-hydrogen) atoms. The molecule has 8 nitrogen and oxygen atoms in total. The highest BCUT2D eigenvalue weighted by molar-refractivity contribution is 5.95. The third-order valence-electron chi connectivity index (χ3n) is 7.45. The number of carbonyl (C=O) groups excluding carboxylic acids is 1. The van der Waals surface area contributed by atoms with Crippen LogP contribution < -0.4 is 4.74 Å². The number of carbonyl (C=O) groups is 1. The molecule has 1 atom stereocenters. The predicted molar refractivity (Wildman–Crippen MR) is 129 cm³/mol. The fourth-order valence-corrected chi connectivity index (χ4v) is 5.27. The number of amides is 1. The number of hydrogen-bond acceptors (Lipinski definition) is 6. The highest BCUT2D eigenvalue weighted by atomic mass is 16.5. The van der Waals surface area contributed by atoms with Gasteiger partial charge in [-0.05, 0) is 75.5 Å². The Balaban J connectivity index is 1.37. The van der Waals surface area contributed by atoms with Crippen molar-refractivity contribution < 1.29 is 9.53 Å². The Kier molecular flexibility index (Phi) is 5.13. The minimum atomic E-state index is 0.0768. The number of ether oxygens (including phenoxy) is 1. The predicted octanol–water partition coefficient (Wildman–Crippen LogP) is 3.09. The minimum absolute atomic E-state index is 0.0768. The van der Waals surface area contributed by atoms with E-state index in [0.29, 0.717) is 23.5 Å². The maximum absolute atomic E-state index is 13.5. The van der Waals surface area contributed by atoms with Crippen LogP contribution in [0.4, 0.5) is 0 Å². The summed E-state index contributed by atoms with van der Waals surface area (Å²) in [6, 6.07) is 6.56. The summed E-state index contributed by atoms with van der Waals surface area (Å²) >= 11 is 0. The molecule has 3 aliphatic rings. The summed E-state index contributed by atoms with van der Waals surface area (Å²) in [7, 11) is 5.85. The quantitative estimate of drug-likeness (QED) is 0.585. The van der Waals surface area contributed by atoms with Crippen LogP contribution in [-0.2, 0) is 12.8 Å². The number of nitrogens with zero attached hydrogens (tertiary/aromatic N) is 6. The third-order valence-corrected chi connectivity index (χ3v) is 7.45. The van der Waals surface area contributed by atoms with Crippen LogP contribution in [0.1, 0.15) is 52.4 Å². The van der Waals surface area contributed by atoms with E-state index < -0.39 is 0 Å². The molecular weight excluding hydrogens is 428 g/mol. The maximum atomic E-state index is 13.5. The summed E-state index contributed by atoms with van der Waals surface area (Å²) in [5.41, 5.74) is 6.11. The van der Waals surface area contributed by atoms with Crippen LogP contribution >= 0.6 is 0 Å². The van der Waals surface area contributed by atoms with Gasteiger partial charge < -0.3 is 14.5 Å². The van der Waals surface area contributed by atoms with Crippen LogP contribution in [0.25, 0.3) is 17.2 Å². The first kappa shape index (κ1) is 21.3. The van der Waals surface area contributed by atoms with Crippen LogP contribution in [0.2, 0.25) is 0 Å². The van der Waals surface area contributed by atoms with Crippen molar-refractivity contribution in [1.29, 1.82) is 0 Å². The lowest BCUT2D eigenvalue weighted by molar-refractivity contribution is 0.0782. The van der Waals surface area contributed by atoms with Gasteiger partial charge in [0.1, 0.15) is 5.75 Å². The fourth-order valence-electron chi connectivity index (χ4n) is 5.27. The third kappa shape index (κ3) is 3.57. The van der Waals surface area contributed by atoms with Gasteiger partial charge in [-0.2, -0.15) is 5.10 Å². The van der Waals surface area contributed by atoms with Crippen molar-refractivity contribution in [2.45, 2.75) is 44.1 Å². The zero-order chi connectivity index (χ0) is 23.4. The van der Waals surface area contributed by atoms with Crippen molar-refractivity contribution in [2.24, 2.45) is 0 Å². The molecule has 6 rings (SSSR count). The molecule has 176 valence electrons. The Morgan fingerprint density at radius 1 is 1.12 bits per heavy atom. The molecule has 1 amide bonds. The van der Waals surface area contributed by atoms with E-state index in [-0.39, 0.29) is 5.91 Å².